The molecule has 0 bridgehead atoms. The molecule has 1 aromatic heterocycles. The van der Waals surface area contributed by atoms with E-state index in [4.69, 9.17) is 0 Å². The molecule has 1 aromatic rings. The summed E-state index contributed by atoms with van der Waals surface area (Å²) in [5.41, 5.74) is 0. The van der Waals surface area contributed by atoms with Crippen LogP contribution < -0.4 is 5.32 Å². The lowest BCUT2D eigenvalue weighted by Gasteiger charge is -2.20. The number of hydrogen-bond acceptors (Lipinski definition) is 4. The number of halogens is 1. The summed E-state index contributed by atoms with van der Waals surface area (Å²) in [7, 11) is 0. The molecular weight excluding hydrogens is 209 g/mol. The van der Waals surface area contributed by atoms with Crippen LogP contribution in [0, 0.1) is 11.7 Å². The largest absolute Gasteiger partial charge is 0.391 e. The molecule has 0 aliphatic carbocycles. The van der Waals surface area contributed by atoms with Crippen LogP contribution in [0.5, 0.6) is 0 Å². The van der Waals surface area contributed by atoms with Crippen LogP contribution in [0.4, 0.5) is 10.3 Å². The van der Waals surface area contributed by atoms with Gasteiger partial charge in [-0.05, 0) is 5.92 Å². The predicted molar refractivity (Wildman–Crippen MR) is 60.6 cm³/mol. The molecule has 0 fully saturated rings. The molecule has 90 valence electrons. The molecule has 0 aromatic carbocycles. The van der Waals surface area contributed by atoms with Gasteiger partial charge in [-0.25, -0.2) is 14.4 Å². The predicted octanol–water partition coefficient (Wildman–Crippen LogP) is 1.82. The third-order valence-electron chi connectivity index (χ3n) is 2.68. The van der Waals surface area contributed by atoms with E-state index in [0.717, 1.165) is 25.2 Å². The van der Waals surface area contributed by atoms with Gasteiger partial charge in [0.2, 0.25) is 5.95 Å². The van der Waals surface area contributed by atoms with E-state index in [-0.39, 0.29) is 5.92 Å². The second kappa shape index (κ2) is 6.37. The van der Waals surface area contributed by atoms with Crippen molar-refractivity contribution in [1.82, 2.24) is 9.97 Å². The molecule has 16 heavy (non-hydrogen) atoms. The van der Waals surface area contributed by atoms with E-state index in [2.05, 4.69) is 15.3 Å². The van der Waals surface area contributed by atoms with Crippen LogP contribution in [-0.4, -0.2) is 27.7 Å². The van der Waals surface area contributed by atoms with E-state index in [1.165, 1.54) is 0 Å². The van der Waals surface area contributed by atoms with Crippen LogP contribution >= 0.6 is 0 Å². The van der Waals surface area contributed by atoms with Gasteiger partial charge in [0.05, 0.1) is 18.5 Å². The molecule has 4 nitrogen and oxygen atoms in total. The van der Waals surface area contributed by atoms with E-state index in [0.29, 0.717) is 12.5 Å². The summed E-state index contributed by atoms with van der Waals surface area (Å²) in [6.45, 7) is 4.48. The quantitative estimate of drug-likeness (QED) is 0.778. The van der Waals surface area contributed by atoms with Gasteiger partial charge in [-0.2, -0.15) is 0 Å². The van der Waals surface area contributed by atoms with Crippen molar-refractivity contribution in [2.45, 2.75) is 32.8 Å². The zero-order chi connectivity index (χ0) is 12.0. The molecule has 0 aliphatic heterocycles. The van der Waals surface area contributed by atoms with Gasteiger partial charge in [0.15, 0.2) is 5.82 Å². The van der Waals surface area contributed by atoms with Crippen molar-refractivity contribution in [2.24, 2.45) is 5.92 Å². The molecule has 2 N–H and O–H groups in total. The Morgan fingerprint density at radius 1 is 1.31 bits per heavy atom. The van der Waals surface area contributed by atoms with Crippen molar-refractivity contribution in [3.05, 3.63) is 18.2 Å². The first kappa shape index (κ1) is 12.8. The molecule has 0 saturated carbocycles. The number of aliphatic hydroxyl groups is 1. The summed E-state index contributed by atoms with van der Waals surface area (Å²) >= 11 is 0. The van der Waals surface area contributed by atoms with Crippen molar-refractivity contribution in [2.75, 3.05) is 11.9 Å². The maximum atomic E-state index is 12.5. The van der Waals surface area contributed by atoms with Gasteiger partial charge in [0, 0.05) is 6.54 Å². The summed E-state index contributed by atoms with van der Waals surface area (Å²) in [5.74, 6) is 0.144. The Morgan fingerprint density at radius 3 is 2.38 bits per heavy atom. The summed E-state index contributed by atoms with van der Waals surface area (Å²) in [4.78, 5) is 7.51. The second-order valence-corrected chi connectivity index (χ2v) is 3.75. The van der Waals surface area contributed by atoms with Gasteiger partial charge in [0.1, 0.15) is 0 Å². The Kier molecular flexibility index (Phi) is 5.11. The van der Waals surface area contributed by atoms with Gasteiger partial charge < -0.3 is 10.4 Å². The van der Waals surface area contributed by atoms with Gasteiger partial charge in [-0.15, -0.1) is 0 Å². The lowest BCUT2D eigenvalue weighted by atomic mass is 9.97. The van der Waals surface area contributed by atoms with E-state index in [1.807, 2.05) is 13.8 Å². The Bertz CT molecular complexity index is 301. The smallest absolute Gasteiger partial charge is 0.222 e. The molecule has 1 rings (SSSR count). The van der Waals surface area contributed by atoms with Gasteiger partial charge >= 0.3 is 0 Å². The fraction of sp³-hybridized carbons (Fsp3) is 0.636. The van der Waals surface area contributed by atoms with Gasteiger partial charge in [-0.1, -0.05) is 26.7 Å². The Balaban J connectivity index is 2.42. The molecular formula is C11H18FN3O. The first-order chi connectivity index (χ1) is 7.67. The van der Waals surface area contributed by atoms with E-state index < -0.39 is 11.9 Å². The normalized spacial score (nSPS) is 12.8. The van der Waals surface area contributed by atoms with Crippen molar-refractivity contribution in [3.8, 4) is 0 Å². The van der Waals surface area contributed by atoms with Crippen LogP contribution in [-0.2, 0) is 0 Å². The van der Waals surface area contributed by atoms with Crippen LogP contribution in [0.25, 0.3) is 0 Å². The lowest BCUT2D eigenvalue weighted by Crippen LogP contribution is -2.28. The topological polar surface area (TPSA) is 58.0 Å². The summed E-state index contributed by atoms with van der Waals surface area (Å²) < 4.78 is 12.5. The zero-order valence-corrected chi connectivity index (χ0v) is 9.65. The molecule has 1 unspecified atom stereocenters. The maximum absolute atomic E-state index is 12.5. The van der Waals surface area contributed by atoms with Crippen LogP contribution in [0.3, 0.4) is 0 Å². The Hall–Kier alpha value is -1.23. The minimum absolute atomic E-state index is 0.271. The number of aliphatic hydroxyl groups excluding tert-OH is 1. The highest BCUT2D eigenvalue weighted by Gasteiger charge is 2.15. The number of hydrogen-bond donors (Lipinski definition) is 2. The third kappa shape index (κ3) is 3.73. The van der Waals surface area contributed by atoms with Crippen LogP contribution in [0.15, 0.2) is 12.4 Å². The van der Waals surface area contributed by atoms with Crippen molar-refractivity contribution >= 4 is 5.95 Å². The summed E-state index contributed by atoms with van der Waals surface area (Å²) in [6, 6.07) is 0. The Labute approximate surface area is 94.9 Å². The molecule has 5 heteroatoms. The molecule has 0 saturated heterocycles. The minimum atomic E-state index is -0.467. The average molecular weight is 227 g/mol. The van der Waals surface area contributed by atoms with Crippen LogP contribution in [0.1, 0.15) is 26.7 Å². The zero-order valence-electron chi connectivity index (χ0n) is 9.65. The fourth-order valence-electron chi connectivity index (χ4n) is 1.60. The van der Waals surface area contributed by atoms with E-state index in [9.17, 15) is 9.50 Å². The average Bonchev–Trinajstić information content (AvgIpc) is 2.30. The standard InChI is InChI=1S/C11H18FN3O/c1-3-8(4-2)10(16)7-15-11-13-5-9(12)6-14-11/h5-6,8,10,16H,3-4,7H2,1-2H3,(H,13,14,15). The monoisotopic (exact) mass is 227 g/mol. The van der Waals surface area contributed by atoms with Crippen LogP contribution in [0.2, 0.25) is 0 Å². The third-order valence-corrected chi connectivity index (χ3v) is 2.68. The van der Waals surface area contributed by atoms with Crippen molar-refractivity contribution in [3.63, 3.8) is 0 Å². The van der Waals surface area contributed by atoms with E-state index >= 15 is 0 Å². The highest BCUT2D eigenvalue weighted by molar-refractivity contribution is 5.22. The van der Waals surface area contributed by atoms with Crippen molar-refractivity contribution in [1.29, 1.82) is 0 Å². The molecule has 0 aliphatic rings. The molecule has 1 atom stereocenters. The van der Waals surface area contributed by atoms with Gasteiger partial charge in [0.25, 0.3) is 0 Å². The molecule has 1 heterocycles. The number of nitrogens with one attached hydrogen (secondary N) is 1. The second-order valence-electron chi connectivity index (χ2n) is 3.75. The number of anilines is 1. The van der Waals surface area contributed by atoms with Gasteiger partial charge in [-0.3, -0.25) is 0 Å². The van der Waals surface area contributed by atoms with Crippen molar-refractivity contribution < 1.29 is 9.50 Å². The molecule has 0 spiro atoms. The summed E-state index contributed by atoms with van der Waals surface area (Å²) in [6.07, 6.45) is 3.63. The molecule has 0 radical (unpaired) electrons. The number of nitrogens with zero attached hydrogens (tertiary/aromatic N) is 2. The maximum Gasteiger partial charge on any atom is 0.222 e. The number of aromatic nitrogens is 2. The highest BCUT2D eigenvalue weighted by atomic mass is 19.1. The summed E-state index contributed by atoms with van der Waals surface area (Å²) in [5, 5.41) is 12.7. The minimum Gasteiger partial charge on any atom is -0.391 e. The Morgan fingerprint density at radius 2 is 1.88 bits per heavy atom. The lowest BCUT2D eigenvalue weighted by molar-refractivity contribution is 0.114. The van der Waals surface area contributed by atoms with E-state index in [1.54, 1.807) is 0 Å². The number of rotatable bonds is 6. The first-order valence-electron chi connectivity index (χ1n) is 5.56. The SMILES string of the molecule is CCC(CC)C(O)CNc1ncc(F)cn1. The highest BCUT2D eigenvalue weighted by Crippen LogP contribution is 2.13. The molecule has 0 amide bonds. The first-order valence-corrected chi connectivity index (χ1v) is 5.56. The fourth-order valence-corrected chi connectivity index (χ4v) is 1.60.